The summed E-state index contributed by atoms with van der Waals surface area (Å²) >= 11 is 0. The van der Waals surface area contributed by atoms with Crippen molar-refractivity contribution in [1.29, 1.82) is 5.26 Å². The summed E-state index contributed by atoms with van der Waals surface area (Å²) in [6.07, 6.45) is 3.35. The van der Waals surface area contributed by atoms with Crippen LogP contribution in [0.4, 0.5) is 5.69 Å². The Morgan fingerprint density at radius 3 is 2.19 bits per heavy atom. The summed E-state index contributed by atoms with van der Waals surface area (Å²) in [4.78, 5) is 26.7. The predicted octanol–water partition coefficient (Wildman–Crippen LogP) is 4.27. The summed E-state index contributed by atoms with van der Waals surface area (Å²) in [5.41, 5.74) is 1.21. The molecule has 2 fully saturated rings. The van der Waals surface area contributed by atoms with E-state index >= 15 is 0 Å². The van der Waals surface area contributed by atoms with Crippen molar-refractivity contribution in [2.75, 3.05) is 5.32 Å². The average Bonchev–Trinajstić information content (AvgIpc) is 3.66. The lowest BCUT2D eigenvalue weighted by Gasteiger charge is -2.32. The number of carbonyl (C=O) groups is 1. The summed E-state index contributed by atoms with van der Waals surface area (Å²) in [7, 11) is -0.502. The highest BCUT2D eigenvalue weighted by Gasteiger charge is 2.51. The SMILES string of the molecule is CC1(C)OB(c2ccc(NC(=O)c3cn(C4CC4)c(C#N)c(-c4ccccc4)c3=O)cc2)OC1(C)C. The molecule has 0 spiro atoms. The van der Waals surface area contributed by atoms with E-state index in [9.17, 15) is 14.9 Å². The number of nitrogens with zero attached hydrogens (tertiary/aromatic N) is 2. The van der Waals surface area contributed by atoms with Gasteiger partial charge in [-0.3, -0.25) is 9.59 Å². The first-order valence-corrected chi connectivity index (χ1v) is 12.1. The van der Waals surface area contributed by atoms with Crippen LogP contribution in [0.3, 0.4) is 0 Å². The Morgan fingerprint density at radius 2 is 1.64 bits per heavy atom. The molecule has 2 aromatic carbocycles. The molecule has 3 aromatic rings. The van der Waals surface area contributed by atoms with Crippen molar-refractivity contribution in [3.63, 3.8) is 0 Å². The molecule has 1 N–H and O–H groups in total. The predicted molar refractivity (Wildman–Crippen MR) is 139 cm³/mol. The number of pyridine rings is 1. The van der Waals surface area contributed by atoms with E-state index in [-0.39, 0.29) is 22.9 Å². The lowest BCUT2D eigenvalue weighted by molar-refractivity contribution is 0.00578. The van der Waals surface area contributed by atoms with E-state index in [1.165, 1.54) is 6.20 Å². The number of rotatable bonds is 5. The van der Waals surface area contributed by atoms with E-state index in [4.69, 9.17) is 9.31 Å². The monoisotopic (exact) mass is 481 g/mol. The molecule has 0 atom stereocenters. The highest BCUT2D eigenvalue weighted by molar-refractivity contribution is 6.62. The van der Waals surface area contributed by atoms with Gasteiger partial charge in [0, 0.05) is 17.9 Å². The number of anilines is 1. The topological polar surface area (TPSA) is 93.4 Å². The van der Waals surface area contributed by atoms with Crippen LogP contribution in [0.1, 0.15) is 62.6 Å². The van der Waals surface area contributed by atoms with Gasteiger partial charge in [0.15, 0.2) is 0 Å². The van der Waals surface area contributed by atoms with Crippen LogP contribution in [-0.2, 0) is 9.31 Å². The molecule has 36 heavy (non-hydrogen) atoms. The van der Waals surface area contributed by atoms with Gasteiger partial charge in [-0.05, 0) is 63.7 Å². The molecule has 1 aliphatic carbocycles. The van der Waals surface area contributed by atoms with Gasteiger partial charge in [-0.1, -0.05) is 42.5 Å². The molecule has 0 radical (unpaired) electrons. The van der Waals surface area contributed by atoms with E-state index in [1.54, 1.807) is 28.8 Å². The maximum absolute atomic E-state index is 13.5. The van der Waals surface area contributed by atoms with Crippen molar-refractivity contribution in [3.05, 3.63) is 82.3 Å². The third-order valence-electron chi connectivity index (χ3n) is 7.28. The summed E-state index contributed by atoms with van der Waals surface area (Å²) in [5, 5.41) is 12.7. The molecular weight excluding hydrogens is 453 g/mol. The van der Waals surface area contributed by atoms with Crippen molar-refractivity contribution in [2.24, 2.45) is 0 Å². The molecular formula is C28H28BN3O4. The van der Waals surface area contributed by atoms with Crippen LogP contribution in [0.25, 0.3) is 11.1 Å². The molecule has 7 nitrogen and oxygen atoms in total. The first kappa shape index (κ1) is 24.0. The first-order valence-electron chi connectivity index (χ1n) is 12.1. The second-order valence-electron chi connectivity index (χ2n) is 10.4. The zero-order valence-corrected chi connectivity index (χ0v) is 20.9. The molecule has 5 rings (SSSR count). The molecule has 1 aromatic heterocycles. The maximum atomic E-state index is 13.5. The fraction of sp³-hybridized carbons (Fsp3) is 0.321. The zero-order valence-electron chi connectivity index (χ0n) is 20.9. The van der Waals surface area contributed by atoms with Crippen LogP contribution in [-0.4, -0.2) is 28.8 Å². The minimum absolute atomic E-state index is 0.00906. The van der Waals surface area contributed by atoms with Gasteiger partial charge in [-0.15, -0.1) is 0 Å². The third-order valence-corrected chi connectivity index (χ3v) is 7.28. The molecule has 1 saturated carbocycles. The van der Waals surface area contributed by atoms with Crippen LogP contribution in [0.2, 0.25) is 0 Å². The van der Waals surface area contributed by atoms with E-state index in [0.29, 0.717) is 11.3 Å². The number of benzene rings is 2. The van der Waals surface area contributed by atoms with E-state index in [0.717, 1.165) is 18.3 Å². The van der Waals surface area contributed by atoms with Crippen molar-refractivity contribution < 1.29 is 14.1 Å². The van der Waals surface area contributed by atoms with Crippen molar-refractivity contribution in [3.8, 4) is 17.2 Å². The smallest absolute Gasteiger partial charge is 0.399 e. The van der Waals surface area contributed by atoms with Crippen LogP contribution < -0.4 is 16.2 Å². The van der Waals surface area contributed by atoms with Gasteiger partial charge < -0.3 is 19.2 Å². The number of nitrogens with one attached hydrogen (secondary N) is 1. The minimum Gasteiger partial charge on any atom is -0.399 e. The minimum atomic E-state index is -0.514. The highest BCUT2D eigenvalue weighted by atomic mass is 16.7. The Kier molecular flexibility index (Phi) is 5.86. The number of aromatic nitrogens is 1. The fourth-order valence-electron chi connectivity index (χ4n) is 4.32. The van der Waals surface area contributed by atoms with E-state index < -0.39 is 29.7 Å². The molecule has 1 saturated heterocycles. The van der Waals surface area contributed by atoms with Crippen LogP contribution >= 0.6 is 0 Å². The Morgan fingerprint density at radius 1 is 1.03 bits per heavy atom. The lowest BCUT2D eigenvalue weighted by atomic mass is 9.79. The van der Waals surface area contributed by atoms with Crippen molar-refractivity contribution >= 4 is 24.2 Å². The molecule has 0 unspecified atom stereocenters. The third kappa shape index (κ3) is 4.25. The van der Waals surface area contributed by atoms with Crippen LogP contribution in [0, 0.1) is 11.3 Å². The Balaban J connectivity index is 1.44. The Labute approximate surface area is 210 Å². The van der Waals surface area contributed by atoms with Gasteiger partial charge in [0.05, 0.1) is 16.8 Å². The zero-order chi connectivity index (χ0) is 25.7. The summed E-state index contributed by atoms with van der Waals surface area (Å²) in [6, 6.07) is 18.6. The molecule has 1 aliphatic heterocycles. The van der Waals surface area contributed by atoms with E-state index in [1.807, 2.05) is 58.0 Å². The summed E-state index contributed by atoms with van der Waals surface area (Å²) in [6.45, 7) is 7.99. The van der Waals surface area contributed by atoms with Gasteiger partial charge in [-0.25, -0.2) is 0 Å². The largest absolute Gasteiger partial charge is 0.494 e. The maximum Gasteiger partial charge on any atom is 0.494 e. The quantitative estimate of drug-likeness (QED) is 0.550. The number of nitriles is 1. The lowest BCUT2D eigenvalue weighted by Crippen LogP contribution is -2.41. The number of hydrogen-bond acceptors (Lipinski definition) is 5. The number of hydrogen-bond donors (Lipinski definition) is 1. The van der Waals surface area contributed by atoms with Gasteiger partial charge in [0.2, 0.25) is 5.43 Å². The van der Waals surface area contributed by atoms with Crippen molar-refractivity contribution in [2.45, 2.75) is 57.8 Å². The molecule has 1 amide bonds. The average molecular weight is 481 g/mol. The van der Waals surface area contributed by atoms with E-state index in [2.05, 4.69) is 11.4 Å². The fourth-order valence-corrected chi connectivity index (χ4v) is 4.32. The normalized spacial score (nSPS) is 18.0. The second kappa shape index (κ2) is 8.77. The summed E-state index contributed by atoms with van der Waals surface area (Å²) in [5.74, 6) is -0.514. The van der Waals surface area contributed by atoms with Gasteiger partial charge in [-0.2, -0.15) is 5.26 Å². The second-order valence-corrected chi connectivity index (χ2v) is 10.4. The number of carbonyl (C=O) groups excluding carboxylic acids is 1. The molecule has 2 heterocycles. The Bertz CT molecular complexity index is 1400. The molecule has 182 valence electrons. The highest BCUT2D eigenvalue weighted by Crippen LogP contribution is 2.38. The standard InChI is InChI=1S/C28H28BN3O4/c1-27(2)28(3,4)36-29(35-27)19-10-12-20(13-11-19)31-26(34)22-17-32(21-14-15-21)23(16-30)24(25(22)33)18-8-6-5-7-9-18/h5-13,17,21H,14-15H2,1-4H3,(H,31,34). The molecule has 2 aliphatic rings. The van der Waals surface area contributed by atoms with Crippen LogP contribution in [0.5, 0.6) is 0 Å². The van der Waals surface area contributed by atoms with Gasteiger partial charge in [0.1, 0.15) is 17.3 Å². The Hall–Kier alpha value is -3.67. The summed E-state index contributed by atoms with van der Waals surface area (Å²) < 4.78 is 14.0. The van der Waals surface area contributed by atoms with Gasteiger partial charge in [0.25, 0.3) is 5.91 Å². The van der Waals surface area contributed by atoms with Crippen molar-refractivity contribution in [1.82, 2.24) is 4.57 Å². The molecule has 0 bridgehead atoms. The van der Waals surface area contributed by atoms with Crippen LogP contribution in [0.15, 0.2) is 65.6 Å². The number of amides is 1. The van der Waals surface area contributed by atoms with Gasteiger partial charge >= 0.3 is 7.12 Å². The first-order chi connectivity index (χ1) is 17.1. The molecule has 8 heteroatoms.